The van der Waals surface area contributed by atoms with Crippen LogP contribution in [0.5, 0.6) is 0 Å². The number of ketones is 1. The molecule has 0 saturated heterocycles. The highest BCUT2D eigenvalue weighted by molar-refractivity contribution is 5.82. The molecule has 0 aromatic carbocycles. The van der Waals surface area contributed by atoms with Gasteiger partial charge < -0.3 is 5.11 Å². The van der Waals surface area contributed by atoms with Crippen molar-refractivity contribution >= 4 is 5.78 Å². The van der Waals surface area contributed by atoms with Crippen LogP contribution in [0, 0.1) is 0 Å². The van der Waals surface area contributed by atoms with Crippen LogP contribution in [0.4, 0.5) is 0 Å². The Balaban J connectivity index is 3.52. The fraction of sp³-hybridized carbons (Fsp3) is 0.500. The van der Waals surface area contributed by atoms with Gasteiger partial charge in [-0.3, -0.25) is 4.79 Å². The molecule has 2 nitrogen and oxygen atoms in total. The fourth-order valence-corrected chi connectivity index (χ4v) is 1.97. The SMILES string of the molecule is CC/C=C\C/C=C\C/C=C\C/C=C\C/C=C\CCCC(=O)C(C)O. The second kappa shape index (κ2) is 17.7. The van der Waals surface area contributed by atoms with Crippen molar-refractivity contribution in [1.82, 2.24) is 0 Å². The summed E-state index contributed by atoms with van der Waals surface area (Å²) in [5.74, 6) is -0.0673. The molecule has 24 heavy (non-hydrogen) atoms. The summed E-state index contributed by atoms with van der Waals surface area (Å²) in [5.41, 5.74) is 0. The third-order valence-electron chi connectivity index (χ3n) is 3.42. The Kier molecular flexibility index (Phi) is 16.4. The van der Waals surface area contributed by atoms with E-state index in [1.54, 1.807) is 0 Å². The summed E-state index contributed by atoms with van der Waals surface area (Å²) in [6.07, 6.45) is 28.1. The molecule has 0 amide bonds. The zero-order valence-corrected chi connectivity index (χ0v) is 15.4. The van der Waals surface area contributed by atoms with Crippen LogP contribution >= 0.6 is 0 Å². The van der Waals surface area contributed by atoms with Crippen LogP contribution in [0.2, 0.25) is 0 Å². The molecule has 1 unspecified atom stereocenters. The van der Waals surface area contributed by atoms with E-state index >= 15 is 0 Å². The van der Waals surface area contributed by atoms with Crippen LogP contribution in [-0.4, -0.2) is 17.0 Å². The summed E-state index contributed by atoms with van der Waals surface area (Å²) >= 11 is 0. The molecular weight excluding hydrogens is 296 g/mol. The standard InChI is InChI=1S/C22H34O2/c1-3-4-5-6-7-8-9-10-11-12-13-14-15-16-17-18-19-20-22(24)21(2)23/h4-5,7-8,10-11,13-14,16-17,21,23H,3,6,9,12,15,18-20H2,1-2H3/b5-4-,8-7-,11-10-,14-13-,17-16-. The van der Waals surface area contributed by atoms with Crippen molar-refractivity contribution in [3.8, 4) is 0 Å². The third-order valence-corrected chi connectivity index (χ3v) is 3.42. The van der Waals surface area contributed by atoms with Crippen LogP contribution in [0.1, 0.15) is 65.2 Å². The summed E-state index contributed by atoms with van der Waals surface area (Å²) in [5, 5.41) is 9.07. The number of rotatable bonds is 14. The number of aliphatic hydroxyl groups is 1. The van der Waals surface area contributed by atoms with Crippen LogP contribution in [0.25, 0.3) is 0 Å². The van der Waals surface area contributed by atoms with Gasteiger partial charge in [-0.2, -0.15) is 0 Å². The van der Waals surface area contributed by atoms with Gasteiger partial charge in [0.25, 0.3) is 0 Å². The van der Waals surface area contributed by atoms with Gasteiger partial charge >= 0.3 is 0 Å². The minimum atomic E-state index is -0.821. The van der Waals surface area contributed by atoms with Gasteiger partial charge in [-0.1, -0.05) is 67.7 Å². The molecule has 1 N–H and O–H groups in total. The van der Waals surface area contributed by atoms with Gasteiger partial charge in [-0.15, -0.1) is 0 Å². The molecular formula is C22H34O2. The van der Waals surface area contributed by atoms with E-state index in [-0.39, 0.29) is 5.78 Å². The van der Waals surface area contributed by atoms with Crippen LogP contribution in [0.15, 0.2) is 60.8 Å². The minimum absolute atomic E-state index is 0.0673. The molecule has 0 aromatic heterocycles. The highest BCUT2D eigenvalue weighted by atomic mass is 16.3. The molecule has 0 heterocycles. The average Bonchev–Trinajstić information content (AvgIpc) is 2.57. The molecule has 1 atom stereocenters. The van der Waals surface area contributed by atoms with Crippen molar-refractivity contribution in [3.63, 3.8) is 0 Å². The van der Waals surface area contributed by atoms with E-state index in [4.69, 9.17) is 5.11 Å². The Morgan fingerprint density at radius 3 is 1.62 bits per heavy atom. The van der Waals surface area contributed by atoms with Gasteiger partial charge in [0.15, 0.2) is 5.78 Å². The summed E-state index contributed by atoms with van der Waals surface area (Å²) in [7, 11) is 0. The highest BCUT2D eigenvalue weighted by Gasteiger charge is 2.06. The smallest absolute Gasteiger partial charge is 0.160 e. The predicted molar refractivity (Wildman–Crippen MR) is 105 cm³/mol. The quantitative estimate of drug-likeness (QED) is 0.320. The second-order valence-corrected chi connectivity index (χ2v) is 5.74. The van der Waals surface area contributed by atoms with Gasteiger partial charge in [0.05, 0.1) is 0 Å². The maximum Gasteiger partial charge on any atom is 0.160 e. The lowest BCUT2D eigenvalue weighted by Gasteiger charge is -2.00. The molecule has 0 saturated carbocycles. The molecule has 0 aliphatic carbocycles. The molecule has 134 valence electrons. The number of hydrogen-bond donors (Lipinski definition) is 1. The van der Waals surface area contributed by atoms with E-state index in [0.29, 0.717) is 6.42 Å². The van der Waals surface area contributed by atoms with Crippen molar-refractivity contribution in [2.24, 2.45) is 0 Å². The molecule has 0 aliphatic heterocycles. The average molecular weight is 331 g/mol. The number of unbranched alkanes of at least 4 members (excludes halogenated alkanes) is 1. The first-order valence-electron chi connectivity index (χ1n) is 9.14. The Bertz CT molecular complexity index is 437. The van der Waals surface area contributed by atoms with Crippen molar-refractivity contribution < 1.29 is 9.90 Å². The van der Waals surface area contributed by atoms with E-state index in [2.05, 4.69) is 67.7 Å². The van der Waals surface area contributed by atoms with E-state index in [9.17, 15) is 4.79 Å². The lowest BCUT2D eigenvalue weighted by molar-refractivity contribution is -0.126. The number of allylic oxidation sites excluding steroid dienone is 10. The van der Waals surface area contributed by atoms with Gasteiger partial charge in [-0.05, 0) is 51.9 Å². The van der Waals surface area contributed by atoms with E-state index < -0.39 is 6.10 Å². The lowest BCUT2D eigenvalue weighted by Crippen LogP contribution is -2.15. The summed E-state index contributed by atoms with van der Waals surface area (Å²) in [6.45, 7) is 3.67. The van der Waals surface area contributed by atoms with Crippen molar-refractivity contribution in [3.05, 3.63) is 60.8 Å². The number of carbonyl (C=O) groups excluding carboxylic acids is 1. The van der Waals surface area contributed by atoms with Gasteiger partial charge in [-0.25, -0.2) is 0 Å². The Morgan fingerprint density at radius 2 is 1.21 bits per heavy atom. The molecule has 0 bridgehead atoms. The number of carbonyl (C=O) groups is 1. The largest absolute Gasteiger partial charge is 0.386 e. The number of aliphatic hydroxyl groups excluding tert-OH is 1. The maximum absolute atomic E-state index is 11.2. The zero-order chi connectivity index (χ0) is 17.9. The molecule has 0 aromatic rings. The lowest BCUT2D eigenvalue weighted by atomic mass is 10.1. The summed E-state index contributed by atoms with van der Waals surface area (Å²) < 4.78 is 0. The normalized spacial score (nSPS) is 14.1. The molecule has 0 radical (unpaired) electrons. The van der Waals surface area contributed by atoms with Crippen molar-refractivity contribution in [1.29, 1.82) is 0 Å². The highest BCUT2D eigenvalue weighted by Crippen LogP contribution is 2.02. The topological polar surface area (TPSA) is 37.3 Å². The summed E-state index contributed by atoms with van der Waals surface area (Å²) in [6, 6.07) is 0. The molecule has 0 rings (SSSR count). The van der Waals surface area contributed by atoms with Crippen molar-refractivity contribution in [2.75, 3.05) is 0 Å². The van der Waals surface area contributed by atoms with Crippen LogP contribution in [-0.2, 0) is 4.79 Å². The van der Waals surface area contributed by atoms with Gasteiger partial charge in [0.2, 0.25) is 0 Å². The monoisotopic (exact) mass is 330 g/mol. The predicted octanol–water partition coefficient (Wildman–Crippen LogP) is 5.86. The first-order chi connectivity index (χ1) is 11.7. The zero-order valence-electron chi connectivity index (χ0n) is 15.4. The van der Waals surface area contributed by atoms with Crippen LogP contribution in [0.3, 0.4) is 0 Å². The second-order valence-electron chi connectivity index (χ2n) is 5.74. The minimum Gasteiger partial charge on any atom is -0.386 e. The first kappa shape index (κ1) is 22.3. The van der Waals surface area contributed by atoms with E-state index in [1.807, 2.05) is 0 Å². The first-order valence-corrected chi connectivity index (χ1v) is 9.14. The van der Waals surface area contributed by atoms with E-state index in [0.717, 1.165) is 44.9 Å². The third kappa shape index (κ3) is 16.7. The van der Waals surface area contributed by atoms with Gasteiger partial charge in [0, 0.05) is 6.42 Å². The fourth-order valence-electron chi connectivity index (χ4n) is 1.97. The molecule has 2 heteroatoms. The maximum atomic E-state index is 11.2. The molecule has 0 spiro atoms. The van der Waals surface area contributed by atoms with Crippen molar-refractivity contribution in [2.45, 2.75) is 71.3 Å². The Hall–Kier alpha value is -1.67. The molecule has 0 aliphatic rings. The Morgan fingerprint density at radius 1 is 0.792 bits per heavy atom. The number of Topliss-reactive ketones (excluding diaryl/α,β-unsaturated/α-hetero) is 1. The number of hydrogen-bond acceptors (Lipinski definition) is 2. The molecule has 0 fully saturated rings. The Labute approximate surface area is 148 Å². The van der Waals surface area contributed by atoms with E-state index in [1.165, 1.54) is 6.92 Å². The summed E-state index contributed by atoms with van der Waals surface area (Å²) in [4.78, 5) is 11.2. The van der Waals surface area contributed by atoms with Crippen LogP contribution < -0.4 is 0 Å². The van der Waals surface area contributed by atoms with Gasteiger partial charge in [0.1, 0.15) is 6.10 Å².